The highest BCUT2D eigenvalue weighted by molar-refractivity contribution is 5.85. The van der Waals surface area contributed by atoms with Gasteiger partial charge in [0, 0.05) is 18.0 Å². The van der Waals surface area contributed by atoms with Gasteiger partial charge in [0.2, 0.25) is 0 Å². The van der Waals surface area contributed by atoms with Gasteiger partial charge in [-0.25, -0.2) is 4.68 Å². The molecular weight excluding hydrogens is 230 g/mol. The number of carbonyl (C=O) groups is 1. The van der Waals surface area contributed by atoms with Gasteiger partial charge in [0.1, 0.15) is 5.69 Å². The number of rotatable bonds is 3. The number of carbonyl (C=O) groups excluding carboxylic acids is 1. The summed E-state index contributed by atoms with van der Waals surface area (Å²) in [4.78, 5) is 15.1. The molecule has 0 amide bonds. The van der Waals surface area contributed by atoms with Gasteiger partial charge in [0.05, 0.1) is 30.0 Å². The Morgan fingerprint density at radius 1 is 1.33 bits per heavy atom. The third-order valence-electron chi connectivity index (χ3n) is 2.57. The first-order valence-corrected chi connectivity index (χ1v) is 5.36. The van der Waals surface area contributed by atoms with E-state index in [-0.39, 0.29) is 0 Å². The van der Waals surface area contributed by atoms with Gasteiger partial charge < -0.3 is 4.42 Å². The average Bonchev–Trinajstić information content (AvgIpc) is 3.08. The summed E-state index contributed by atoms with van der Waals surface area (Å²) in [5.41, 5.74) is 2.69. The molecule has 3 rings (SSSR count). The van der Waals surface area contributed by atoms with Crippen molar-refractivity contribution in [2.45, 2.75) is 0 Å². The maximum Gasteiger partial charge on any atom is 0.153 e. The fourth-order valence-corrected chi connectivity index (χ4v) is 1.72. The molecule has 0 radical (unpaired) electrons. The molecule has 0 fully saturated rings. The molecule has 0 unspecified atom stereocenters. The molecule has 3 heterocycles. The summed E-state index contributed by atoms with van der Waals surface area (Å²) >= 11 is 0. The molecule has 5 heteroatoms. The topological polar surface area (TPSA) is 60.9 Å². The molecule has 3 aromatic rings. The summed E-state index contributed by atoms with van der Waals surface area (Å²) in [7, 11) is 0. The average molecular weight is 239 g/mol. The first-order chi connectivity index (χ1) is 8.88. The summed E-state index contributed by atoms with van der Waals surface area (Å²) in [6, 6.07) is 5.45. The molecular formula is C13H9N3O2. The Hall–Kier alpha value is -2.69. The molecule has 0 aromatic carbocycles. The minimum absolute atomic E-state index is 0.514. The summed E-state index contributed by atoms with van der Waals surface area (Å²) in [5.74, 6) is 0. The number of hydrogen-bond acceptors (Lipinski definition) is 4. The third-order valence-corrected chi connectivity index (χ3v) is 2.57. The van der Waals surface area contributed by atoms with Gasteiger partial charge in [-0.1, -0.05) is 0 Å². The van der Waals surface area contributed by atoms with E-state index in [2.05, 4.69) is 10.1 Å². The Bertz CT molecular complexity index is 657. The SMILES string of the molecule is O=Cc1cn(-c2cccnc2)nc1-c1ccoc1. The highest BCUT2D eigenvalue weighted by Gasteiger charge is 2.12. The van der Waals surface area contributed by atoms with Crippen LogP contribution in [0, 0.1) is 0 Å². The maximum atomic E-state index is 11.1. The predicted octanol–water partition coefficient (Wildman–Crippen LogP) is 2.34. The molecule has 0 saturated carbocycles. The van der Waals surface area contributed by atoms with Gasteiger partial charge in [-0.15, -0.1) is 0 Å². The van der Waals surface area contributed by atoms with Crippen LogP contribution in [0.4, 0.5) is 0 Å². The van der Waals surface area contributed by atoms with Gasteiger partial charge in [-0.05, 0) is 18.2 Å². The molecule has 0 aliphatic rings. The number of pyridine rings is 1. The van der Waals surface area contributed by atoms with Crippen molar-refractivity contribution in [3.63, 3.8) is 0 Å². The van der Waals surface area contributed by atoms with E-state index in [1.54, 1.807) is 41.9 Å². The first kappa shape index (κ1) is 10.5. The maximum absolute atomic E-state index is 11.1. The summed E-state index contributed by atoms with van der Waals surface area (Å²) in [5, 5.41) is 4.38. The number of aromatic nitrogens is 3. The molecule has 0 N–H and O–H groups in total. The molecule has 0 aliphatic carbocycles. The molecule has 0 atom stereocenters. The zero-order chi connectivity index (χ0) is 12.4. The van der Waals surface area contributed by atoms with E-state index in [0.29, 0.717) is 11.3 Å². The normalized spacial score (nSPS) is 10.4. The molecule has 18 heavy (non-hydrogen) atoms. The van der Waals surface area contributed by atoms with E-state index < -0.39 is 0 Å². The zero-order valence-electron chi connectivity index (χ0n) is 9.35. The Labute approximate surface area is 103 Å². The van der Waals surface area contributed by atoms with Crippen LogP contribution in [0.1, 0.15) is 10.4 Å². The second kappa shape index (κ2) is 4.29. The zero-order valence-corrected chi connectivity index (χ0v) is 9.35. The van der Waals surface area contributed by atoms with Gasteiger partial charge in [-0.3, -0.25) is 9.78 Å². The fraction of sp³-hybridized carbons (Fsp3) is 0. The molecule has 0 bridgehead atoms. The molecule has 0 spiro atoms. The quantitative estimate of drug-likeness (QED) is 0.658. The van der Waals surface area contributed by atoms with Crippen molar-refractivity contribution in [3.8, 4) is 16.9 Å². The van der Waals surface area contributed by atoms with Crippen LogP contribution in [-0.2, 0) is 0 Å². The lowest BCUT2D eigenvalue weighted by atomic mass is 10.2. The van der Waals surface area contributed by atoms with Crippen molar-refractivity contribution in [3.05, 3.63) is 54.9 Å². The van der Waals surface area contributed by atoms with Crippen molar-refractivity contribution in [1.29, 1.82) is 0 Å². The number of nitrogens with zero attached hydrogens (tertiary/aromatic N) is 3. The molecule has 0 saturated heterocycles. The Morgan fingerprint density at radius 3 is 2.94 bits per heavy atom. The summed E-state index contributed by atoms with van der Waals surface area (Å²) < 4.78 is 6.63. The number of furan rings is 1. The lowest BCUT2D eigenvalue weighted by Crippen LogP contribution is -1.94. The van der Waals surface area contributed by atoms with Crippen LogP contribution < -0.4 is 0 Å². The lowest BCUT2D eigenvalue weighted by molar-refractivity contribution is 0.112. The van der Waals surface area contributed by atoms with E-state index in [1.165, 1.54) is 0 Å². The second-order valence-electron chi connectivity index (χ2n) is 3.72. The van der Waals surface area contributed by atoms with Crippen LogP contribution in [0.5, 0.6) is 0 Å². The third kappa shape index (κ3) is 1.71. The van der Waals surface area contributed by atoms with Crippen molar-refractivity contribution < 1.29 is 9.21 Å². The smallest absolute Gasteiger partial charge is 0.153 e. The van der Waals surface area contributed by atoms with Crippen molar-refractivity contribution in [2.75, 3.05) is 0 Å². The molecule has 0 aliphatic heterocycles. The van der Waals surface area contributed by atoms with Gasteiger partial charge in [0.25, 0.3) is 0 Å². The second-order valence-corrected chi connectivity index (χ2v) is 3.72. The van der Waals surface area contributed by atoms with Crippen molar-refractivity contribution in [2.24, 2.45) is 0 Å². The highest BCUT2D eigenvalue weighted by atomic mass is 16.3. The minimum Gasteiger partial charge on any atom is -0.472 e. The number of aldehydes is 1. The monoisotopic (exact) mass is 239 g/mol. The van der Waals surface area contributed by atoms with E-state index in [1.807, 2.05) is 12.1 Å². The van der Waals surface area contributed by atoms with E-state index >= 15 is 0 Å². The minimum atomic E-state index is 0.514. The van der Waals surface area contributed by atoms with Gasteiger partial charge in [-0.2, -0.15) is 5.10 Å². The van der Waals surface area contributed by atoms with Crippen LogP contribution in [0.15, 0.2) is 53.7 Å². The Morgan fingerprint density at radius 2 is 2.28 bits per heavy atom. The van der Waals surface area contributed by atoms with Gasteiger partial charge in [0.15, 0.2) is 6.29 Å². The van der Waals surface area contributed by atoms with Crippen molar-refractivity contribution in [1.82, 2.24) is 14.8 Å². The van der Waals surface area contributed by atoms with E-state index in [9.17, 15) is 4.79 Å². The van der Waals surface area contributed by atoms with Crippen LogP contribution in [-0.4, -0.2) is 21.1 Å². The van der Waals surface area contributed by atoms with Gasteiger partial charge >= 0.3 is 0 Å². The standard InChI is InChI=1S/C13H9N3O2/c17-8-11-7-16(12-2-1-4-14-6-12)15-13(11)10-3-5-18-9-10/h1-9H. The molecule has 5 nitrogen and oxygen atoms in total. The Balaban J connectivity index is 2.12. The van der Waals surface area contributed by atoms with Crippen molar-refractivity contribution >= 4 is 6.29 Å². The molecule has 88 valence electrons. The lowest BCUT2D eigenvalue weighted by Gasteiger charge is -1.98. The largest absolute Gasteiger partial charge is 0.472 e. The summed E-state index contributed by atoms with van der Waals surface area (Å²) in [6.45, 7) is 0. The first-order valence-electron chi connectivity index (χ1n) is 5.36. The predicted molar refractivity (Wildman–Crippen MR) is 64.4 cm³/mol. The van der Waals surface area contributed by atoms with Crippen LogP contribution in [0.25, 0.3) is 16.9 Å². The van der Waals surface area contributed by atoms with Crippen LogP contribution >= 0.6 is 0 Å². The van der Waals surface area contributed by atoms with Crippen LogP contribution in [0.3, 0.4) is 0 Å². The number of hydrogen-bond donors (Lipinski definition) is 0. The fourth-order valence-electron chi connectivity index (χ4n) is 1.72. The van der Waals surface area contributed by atoms with Crippen LogP contribution in [0.2, 0.25) is 0 Å². The summed E-state index contributed by atoms with van der Waals surface area (Å²) in [6.07, 6.45) is 8.93. The van der Waals surface area contributed by atoms with E-state index in [4.69, 9.17) is 4.42 Å². The van der Waals surface area contributed by atoms with E-state index in [0.717, 1.165) is 17.5 Å². The highest BCUT2D eigenvalue weighted by Crippen LogP contribution is 2.22. The Kier molecular flexibility index (Phi) is 2.49. The molecule has 3 aromatic heterocycles.